The summed E-state index contributed by atoms with van der Waals surface area (Å²) in [7, 11) is 1.48. The maximum atomic E-state index is 14.0. The van der Waals surface area contributed by atoms with Gasteiger partial charge in [-0.05, 0) is 84.2 Å². The average Bonchev–Trinajstić information content (AvgIpc) is 3.61. The molecule has 4 rings (SSSR count). The van der Waals surface area contributed by atoms with Gasteiger partial charge >= 0.3 is 0 Å². The largest absolute Gasteiger partial charge is 0.493 e. The van der Waals surface area contributed by atoms with Crippen LogP contribution in [-0.2, 0) is 9.59 Å². The van der Waals surface area contributed by atoms with Gasteiger partial charge in [0.2, 0.25) is 11.8 Å². The molecule has 2 saturated carbocycles. The van der Waals surface area contributed by atoms with E-state index in [0.29, 0.717) is 51.0 Å². The minimum absolute atomic E-state index is 0.0337. The van der Waals surface area contributed by atoms with Crippen LogP contribution in [0, 0.1) is 21.3 Å². The predicted molar refractivity (Wildman–Crippen MR) is 168 cm³/mol. The van der Waals surface area contributed by atoms with Gasteiger partial charge in [0, 0.05) is 37.1 Å². The van der Waals surface area contributed by atoms with Gasteiger partial charge in [-0.2, -0.15) is 0 Å². The Morgan fingerprint density at radius 3 is 2.64 bits per heavy atom. The topological polar surface area (TPSA) is 125 Å². The highest BCUT2D eigenvalue weighted by molar-refractivity contribution is 14.1. The fourth-order valence-electron chi connectivity index (χ4n) is 6.99. The molecule has 0 aliphatic heterocycles. The molecule has 1 aromatic carbocycles. The summed E-state index contributed by atoms with van der Waals surface area (Å²) in [6, 6.07) is 2.57. The van der Waals surface area contributed by atoms with Crippen molar-refractivity contribution in [2.75, 3.05) is 26.8 Å². The second-order valence-corrected chi connectivity index (χ2v) is 13.1. The first kappa shape index (κ1) is 32.7. The van der Waals surface area contributed by atoms with Gasteiger partial charge in [0.05, 0.1) is 23.3 Å². The molecular weight excluding hydrogens is 651 g/mol. The fraction of sp³-hybridized carbons (Fsp3) is 0.656. The highest BCUT2D eigenvalue weighted by Gasteiger charge is 2.44. The van der Waals surface area contributed by atoms with E-state index in [0.717, 1.165) is 44.3 Å². The second-order valence-electron chi connectivity index (χ2n) is 12.0. The lowest BCUT2D eigenvalue weighted by atomic mass is 9.84. The zero-order valence-corrected chi connectivity index (χ0v) is 26.9. The van der Waals surface area contributed by atoms with Crippen molar-refractivity contribution in [1.29, 1.82) is 0 Å². The standard InChI is InChI=1S/C32H45IN2O7/c1-3-4-5-6-10-35(29(38)18-23-13-20-7-8-22(23)12-20)26-16-24(32(40)34-9-11-36)17-27(30(26)39)42-31-25(33)14-21(19-37)15-28(31)41-2/h14-15,17,19-20,22-23,26-27,30,36,39H,3-13,16,18H2,1-2H3,(H,34,40)/t20?,22?,23?,26-,27+,30+/m1/s1. The Balaban J connectivity index is 1.63. The maximum Gasteiger partial charge on any atom is 0.247 e. The van der Waals surface area contributed by atoms with Crippen molar-refractivity contribution in [3.05, 3.63) is 32.9 Å². The van der Waals surface area contributed by atoms with Crippen molar-refractivity contribution in [3.63, 3.8) is 0 Å². The van der Waals surface area contributed by atoms with Gasteiger partial charge in [-0.3, -0.25) is 14.4 Å². The number of fused-ring (bicyclic) bond motifs is 2. The fourth-order valence-corrected chi connectivity index (χ4v) is 7.74. The molecule has 2 bridgehead atoms. The van der Waals surface area contributed by atoms with Crippen LogP contribution < -0.4 is 14.8 Å². The van der Waals surface area contributed by atoms with Gasteiger partial charge in [-0.15, -0.1) is 0 Å². The molecule has 3 aliphatic rings. The molecule has 6 atom stereocenters. The summed E-state index contributed by atoms with van der Waals surface area (Å²) in [5.41, 5.74) is 0.822. The molecule has 0 radical (unpaired) electrons. The number of carbonyl (C=O) groups is 3. The summed E-state index contributed by atoms with van der Waals surface area (Å²) in [6.45, 7) is 2.55. The monoisotopic (exact) mass is 696 g/mol. The predicted octanol–water partition coefficient (Wildman–Crippen LogP) is 4.26. The van der Waals surface area contributed by atoms with Crippen LogP contribution in [0.4, 0.5) is 0 Å². The summed E-state index contributed by atoms with van der Waals surface area (Å²) < 4.78 is 12.5. The van der Waals surface area contributed by atoms with Crippen molar-refractivity contribution in [2.45, 2.75) is 89.4 Å². The smallest absolute Gasteiger partial charge is 0.247 e. The number of unbranched alkanes of at least 4 members (excludes halogenated alkanes) is 3. The Labute approximate surface area is 262 Å². The number of aliphatic hydroxyl groups excluding tert-OH is 2. The van der Waals surface area contributed by atoms with Crippen molar-refractivity contribution >= 4 is 40.7 Å². The van der Waals surface area contributed by atoms with Crippen LogP contribution in [0.3, 0.4) is 0 Å². The molecule has 3 unspecified atom stereocenters. The first-order chi connectivity index (χ1) is 20.3. The van der Waals surface area contributed by atoms with Crippen LogP contribution in [0.5, 0.6) is 11.5 Å². The number of nitrogens with one attached hydrogen (secondary N) is 1. The lowest BCUT2D eigenvalue weighted by molar-refractivity contribution is -0.140. The van der Waals surface area contributed by atoms with Gasteiger partial charge in [-0.1, -0.05) is 32.6 Å². The lowest BCUT2D eigenvalue weighted by Crippen LogP contribution is -2.55. The molecule has 0 spiro atoms. The van der Waals surface area contributed by atoms with E-state index >= 15 is 0 Å². The van der Waals surface area contributed by atoms with Crippen LogP contribution in [0.25, 0.3) is 0 Å². The Morgan fingerprint density at radius 2 is 2.00 bits per heavy atom. The molecule has 3 aliphatic carbocycles. The highest BCUT2D eigenvalue weighted by Crippen LogP contribution is 2.50. The lowest BCUT2D eigenvalue weighted by Gasteiger charge is -2.41. The second kappa shape index (κ2) is 15.5. The first-order valence-electron chi connectivity index (χ1n) is 15.4. The van der Waals surface area contributed by atoms with Crippen LogP contribution in [0.15, 0.2) is 23.8 Å². The van der Waals surface area contributed by atoms with Gasteiger partial charge in [0.25, 0.3) is 0 Å². The molecule has 0 saturated heterocycles. The summed E-state index contributed by atoms with van der Waals surface area (Å²) in [5, 5.41) is 23.8. The quantitative estimate of drug-likeness (QED) is 0.142. The third kappa shape index (κ3) is 7.85. The summed E-state index contributed by atoms with van der Waals surface area (Å²) >= 11 is 2.05. The number of halogens is 1. The van der Waals surface area contributed by atoms with E-state index in [1.54, 1.807) is 18.2 Å². The molecule has 232 valence electrons. The zero-order valence-electron chi connectivity index (χ0n) is 24.7. The summed E-state index contributed by atoms with van der Waals surface area (Å²) in [6.07, 6.45) is 9.66. The van der Waals surface area contributed by atoms with Gasteiger partial charge in [0.15, 0.2) is 11.5 Å². The zero-order chi connectivity index (χ0) is 30.2. The van der Waals surface area contributed by atoms with E-state index in [9.17, 15) is 24.6 Å². The van der Waals surface area contributed by atoms with E-state index in [4.69, 9.17) is 9.47 Å². The van der Waals surface area contributed by atoms with Crippen LogP contribution >= 0.6 is 22.6 Å². The van der Waals surface area contributed by atoms with E-state index in [-0.39, 0.29) is 31.4 Å². The Bertz CT molecular complexity index is 1140. The molecule has 3 N–H and O–H groups in total. The third-order valence-electron chi connectivity index (χ3n) is 9.15. The van der Waals surface area contributed by atoms with Crippen LogP contribution in [-0.4, -0.2) is 78.3 Å². The third-order valence-corrected chi connectivity index (χ3v) is 9.95. The van der Waals surface area contributed by atoms with Gasteiger partial charge < -0.3 is 29.9 Å². The molecule has 0 aromatic heterocycles. The van der Waals surface area contributed by atoms with Crippen LogP contribution in [0.1, 0.15) is 81.5 Å². The number of rotatable bonds is 15. The number of benzene rings is 1. The average molecular weight is 697 g/mol. The number of amides is 2. The van der Waals surface area contributed by atoms with Crippen molar-refractivity contribution in [1.82, 2.24) is 10.2 Å². The molecule has 2 amide bonds. The van der Waals surface area contributed by atoms with Crippen molar-refractivity contribution < 1.29 is 34.1 Å². The summed E-state index contributed by atoms with van der Waals surface area (Å²) in [5.74, 6) is 2.08. The number of aldehydes is 1. The van der Waals surface area contributed by atoms with Crippen LogP contribution in [0.2, 0.25) is 0 Å². The van der Waals surface area contributed by atoms with E-state index in [1.807, 2.05) is 4.90 Å². The number of nitrogens with zero attached hydrogens (tertiary/aromatic N) is 1. The maximum absolute atomic E-state index is 14.0. The molecule has 42 heavy (non-hydrogen) atoms. The normalized spacial score (nSPS) is 26.5. The van der Waals surface area contributed by atoms with E-state index in [1.165, 1.54) is 26.4 Å². The molecule has 0 heterocycles. The summed E-state index contributed by atoms with van der Waals surface area (Å²) in [4.78, 5) is 40.4. The number of aliphatic hydroxyl groups is 2. The minimum atomic E-state index is -1.10. The number of methoxy groups -OCH3 is 1. The Hall–Kier alpha value is -2.18. The molecule has 2 fully saturated rings. The minimum Gasteiger partial charge on any atom is -0.493 e. The number of carbonyl (C=O) groups excluding carboxylic acids is 3. The molecular formula is C32H45IN2O7. The number of hydrogen-bond donors (Lipinski definition) is 3. The highest BCUT2D eigenvalue weighted by atomic mass is 127. The van der Waals surface area contributed by atoms with E-state index < -0.39 is 18.2 Å². The van der Waals surface area contributed by atoms with Crippen molar-refractivity contribution in [3.8, 4) is 11.5 Å². The first-order valence-corrected chi connectivity index (χ1v) is 16.4. The molecule has 10 heteroatoms. The Morgan fingerprint density at radius 1 is 1.19 bits per heavy atom. The van der Waals surface area contributed by atoms with E-state index in [2.05, 4.69) is 34.8 Å². The molecule has 9 nitrogen and oxygen atoms in total. The van der Waals surface area contributed by atoms with Gasteiger partial charge in [0.1, 0.15) is 18.5 Å². The van der Waals surface area contributed by atoms with Gasteiger partial charge in [-0.25, -0.2) is 0 Å². The number of hydrogen-bond acceptors (Lipinski definition) is 7. The SMILES string of the molecule is CCCCCCN(C(=O)CC1CC2CCC1C2)[C@@H]1CC(C(=O)NCCO)=C[C@H](Oc2c(I)cc(C=O)cc2OC)[C@H]1O. The number of ether oxygens (including phenoxy) is 2. The Kier molecular flexibility index (Phi) is 12.1. The molecule has 1 aromatic rings. The van der Waals surface area contributed by atoms with Crippen molar-refractivity contribution in [2.24, 2.45) is 17.8 Å².